The summed E-state index contributed by atoms with van der Waals surface area (Å²) in [5, 5.41) is 0. The lowest BCUT2D eigenvalue weighted by Crippen LogP contribution is -2.25. The first-order valence-corrected chi connectivity index (χ1v) is 5.38. The summed E-state index contributed by atoms with van der Waals surface area (Å²) in [7, 11) is 0. The molecular weight excluding hydrogens is 245 g/mol. The van der Waals surface area contributed by atoms with Crippen LogP contribution in [-0.2, 0) is 11.0 Å². The van der Waals surface area contributed by atoms with Crippen molar-refractivity contribution in [2.24, 2.45) is 5.92 Å². The Balaban J connectivity index is 2.20. The molecule has 1 saturated heterocycles. The molecule has 1 aliphatic rings. The highest BCUT2D eigenvalue weighted by Gasteiger charge is 2.33. The van der Waals surface area contributed by atoms with Crippen LogP contribution in [0.25, 0.3) is 0 Å². The molecule has 2 rings (SSSR count). The van der Waals surface area contributed by atoms with Gasteiger partial charge < -0.3 is 0 Å². The zero-order valence-corrected chi connectivity index (χ0v) is 9.44. The SMILES string of the molecule is C=CC1CC(=O)N(c2ccc(C(F)(F)F)cn2)C1. The molecule has 1 amide bonds. The van der Waals surface area contributed by atoms with Crippen LogP contribution >= 0.6 is 0 Å². The lowest BCUT2D eigenvalue weighted by Gasteiger charge is -2.15. The molecule has 18 heavy (non-hydrogen) atoms. The third kappa shape index (κ3) is 2.37. The molecule has 96 valence electrons. The maximum atomic E-state index is 12.4. The molecule has 2 heterocycles. The van der Waals surface area contributed by atoms with Gasteiger partial charge in [-0.2, -0.15) is 13.2 Å². The number of rotatable bonds is 2. The highest BCUT2D eigenvalue weighted by Crippen LogP contribution is 2.30. The summed E-state index contributed by atoms with van der Waals surface area (Å²) in [6.45, 7) is 4.02. The molecule has 1 aliphatic heterocycles. The van der Waals surface area contributed by atoms with E-state index in [1.165, 1.54) is 11.0 Å². The zero-order valence-electron chi connectivity index (χ0n) is 9.44. The van der Waals surface area contributed by atoms with E-state index < -0.39 is 11.7 Å². The molecule has 1 fully saturated rings. The predicted octanol–water partition coefficient (Wildman–Crippen LogP) is 2.64. The number of pyridine rings is 1. The fraction of sp³-hybridized carbons (Fsp3) is 0.333. The molecule has 6 heteroatoms. The molecule has 1 unspecified atom stereocenters. The number of alkyl halides is 3. The van der Waals surface area contributed by atoms with E-state index in [1.807, 2.05) is 0 Å². The van der Waals surface area contributed by atoms with Crippen LogP contribution in [0, 0.1) is 5.92 Å². The molecular formula is C12H11F3N2O. The number of amides is 1. The average Bonchev–Trinajstić information content (AvgIpc) is 2.70. The smallest absolute Gasteiger partial charge is 0.296 e. The summed E-state index contributed by atoms with van der Waals surface area (Å²) < 4.78 is 37.1. The minimum Gasteiger partial charge on any atom is -0.296 e. The van der Waals surface area contributed by atoms with Crippen LogP contribution in [0.2, 0.25) is 0 Å². The van der Waals surface area contributed by atoms with Crippen LogP contribution < -0.4 is 4.90 Å². The van der Waals surface area contributed by atoms with Gasteiger partial charge in [0.2, 0.25) is 5.91 Å². The molecule has 3 nitrogen and oxygen atoms in total. The van der Waals surface area contributed by atoms with Gasteiger partial charge in [-0.15, -0.1) is 6.58 Å². The van der Waals surface area contributed by atoms with E-state index in [0.29, 0.717) is 13.0 Å². The van der Waals surface area contributed by atoms with Crippen LogP contribution in [0.15, 0.2) is 31.0 Å². The van der Waals surface area contributed by atoms with Crippen molar-refractivity contribution in [3.05, 3.63) is 36.5 Å². The Morgan fingerprint density at radius 3 is 2.61 bits per heavy atom. The van der Waals surface area contributed by atoms with Crippen molar-refractivity contribution in [1.29, 1.82) is 0 Å². The van der Waals surface area contributed by atoms with Crippen molar-refractivity contribution in [3.8, 4) is 0 Å². The maximum absolute atomic E-state index is 12.4. The highest BCUT2D eigenvalue weighted by atomic mass is 19.4. The zero-order chi connectivity index (χ0) is 13.3. The summed E-state index contributed by atoms with van der Waals surface area (Å²) >= 11 is 0. The molecule has 0 aliphatic carbocycles. The largest absolute Gasteiger partial charge is 0.417 e. The standard InChI is InChI=1S/C12H11F3N2O/c1-2-8-5-11(18)17(7-8)10-4-3-9(6-16-10)12(13,14)15/h2-4,6,8H,1,5,7H2. The van der Waals surface area contributed by atoms with Gasteiger partial charge in [0, 0.05) is 25.1 Å². The quantitative estimate of drug-likeness (QED) is 0.762. The van der Waals surface area contributed by atoms with Gasteiger partial charge in [-0.05, 0) is 12.1 Å². The van der Waals surface area contributed by atoms with E-state index in [9.17, 15) is 18.0 Å². The van der Waals surface area contributed by atoms with Crippen molar-refractivity contribution < 1.29 is 18.0 Å². The highest BCUT2D eigenvalue weighted by molar-refractivity contribution is 5.95. The van der Waals surface area contributed by atoms with E-state index in [-0.39, 0.29) is 17.6 Å². The number of carbonyl (C=O) groups excluding carboxylic acids is 1. The second-order valence-corrected chi connectivity index (χ2v) is 4.11. The number of halogens is 3. The summed E-state index contributed by atoms with van der Waals surface area (Å²) in [6, 6.07) is 2.14. The molecule has 1 aromatic rings. The summed E-state index contributed by atoms with van der Waals surface area (Å²) in [6.07, 6.45) is -1.68. The number of hydrogen-bond donors (Lipinski definition) is 0. The van der Waals surface area contributed by atoms with Crippen molar-refractivity contribution in [1.82, 2.24) is 4.98 Å². The Kier molecular flexibility index (Phi) is 3.11. The van der Waals surface area contributed by atoms with Gasteiger partial charge in [-0.3, -0.25) is 9.69 Å². The minimum absolute atomic E-state index is 0.0293. The number of hydrogen-bond acceptors (Lipinski definition) is 2. The summed E-state index contributed by atoms with van der Waals surface area (Å²) in [5.74, 6) is 0.131. The van der Waals surface area contributed by atoms with Gasteiger partial charge >= 0.3 is 6.18 Å². The van der Waals surface area contributed by atoms with E-state index in [1.54, 1.807) is 6.08 Å². The van der Waals surface area contributed by atoms with E-state index >= 15 is 0 Å². The molecule has 1 aromatic heterocycles. The molecule has 0 bridgehead atoms. The second kappa shape index (κ2) is 4.44. The van der Waals surface area contributed by atoms with E-state index in [4.69, 9.17) is 0 Å². The lowest BCUT2D eigenvalue weighted by atomic mass is 10.1. The number of anilines is 1. The Hall–Kier alpha value is -1.85. The Bertz CT molecular complexity index is 467. The van der Waals surface area contributed by atoms with Crippen LogP contribution in [0.5, 0.6) is 0 Å². The van der Waals surface area contributed by atoms with Crippen LogP contribution in [0.3, 0.4) is 0 Å². The molecule has 0 N–H and O–H groups in total. The van der Waals surface area contributed by atoms with E-state index in [0.717, 1.165) is 12.3 Å². The van der Waals surface area contributed by atoms with Crippen LogP contribution in [-0.4, -0.2) is 17.4 Å². The summed E-state index contributed by atoms with van der Waals surface area (Å²) in [4.78, 5) is 16.7. The first-order chi connectivity index (χ1) is 8.41. The van der Waals surface area contributed by atoms with E-state index in [2.05, 4.69) is 11.6 Å². The van der Waals surface area contributed by atoms with Gasteiger partial charge in [0.25, 0.3) is 0 Å². The summed E-state index contributed by atoms with van der Waals surface area (Å²) in [5.41, 5.74) is -0.821. The number of carbonyl (C=O) groups is 1. The molecule has 0 spiro atoms. The Morgan fingerprint density at radius 2 is 2.17 bits per heavy atom. The van der Waals surface area contributed by atoms with Crippen molar-refractivity contribution in [2.45, 2.75) is 12.6 Å². The lowest BCUT2D eigenvalue weighted by molar-refractivity contribution is -0.137. The van der Waals surface area contributed by atoms with Crippen molar-refractivity contribution >= 4 is 11.7 Å². The van der Waals surface area contributed by atoms with Gasteiger partial charge in [0.1, 0.15) is 5.82 Å². The topological polar surface area (TPSA) is 33.2 Å². The third-order valence-corrected chi connectivity index (χ3v) is 2.84. The Labute approximate surface area is 102 Å². The first kappa shape index (κ1) is 12.6. The first-order valence-electron chi connectivity index (χ1n) is 5.38. The normalized spacial score (nSPS) is 20.3. The van der Waals surface area contributed by atoms with Gasteiger partial charge in [-0.25, -0.2) is 4.98 Å². The third-order valence-electron chi connectivity index (χ3n) is 2.84. The molecule has 0 aromatic carbocycles. The number of nitrogens with zero attached hydrogens (tertiary/aromatic N) is 2. The fourth-order valence-corrected chi connectivity index (χ4v) is 1.83. The van der Waals surface area contributed by atoms with Crippen molar-refractivity contribution in [3.63, 3.8) is 0 Å². The van der Waals surface area contributed by atoms with Crippen LogP contribution in [0.4, 0.5) is 19.0 Å². The predicted molar refractivity (Wildman–Crippen MR) is 59.9 cm³/mol. The van der Waals surface area contributed by atoms with Crippen LogP contribution in [0.1, 0.15) is 12.0 Å². The molecule has 1 atom stereocenters. The minimum atomic E-state index is -4.41. The molecule has 0 radical (unpaired) electrons. The maximum Gasteiger partial charge on any atom is 0.417 e. The second-order valence-electron chi connectivity index (χ2n) is 4.11. The fourth-order valence-electron chi connectivity index (χ4n) is 1.83. The monoisotopic (exact) mass is 256 g/mol. The number of aromatic nitrogens is 1. The van der Waals surface area contributed by atoms with Crippen molar-refractivity contribution in [2.75, 3.05) is 11.4 Å². The van der Waals surface area contributed by atoms with Gasteiger partial charge in [0.05, 0.1) is 5.56 Å². The molecule has 0 saturated carbocycles. The average molecular weight is 256 g/mol. The van der Waals surface area contributed by atoms with Gasteiger partial charge in [0.15, 0.2) is 0 Å². The van der Waals surface area contributed by atoms with Gasteiger partial charge in [-0.1, -0.05) is 6.08 Å². The Morgan fingerprint density at radius 1 is 1.44 bits per heavy atom.